The maximum atomic E-state index is 12.8. The maximum absolute atomic E-state index is 12.8. The van der Waals surface area contributed by atoms with Gasteiger partial charge in [0.25, 0.3) is 10.0 Å². The minimum atomic E-state index is -3.64. The first-order valence-corrected chi connectivity index (χ1v) is 11.6. The third kappa shape index (κ3) is 5.42. The quantitative estimate of drug-likeness (QED) is 0.711. The fourth-order valence-electron chi connectivity index (χ4n) is 3.48. The zero-order chi connectivity index (χ0) is 20.9. The molecule has 7 heteroatoms. The van der Waals surface area contributed by atoms with Gasteiger partial charge in [-0.05, 0) is 55.8 Å². The van der Waals surface area contributed by atoms with Crippen molar-refractivity contribution in [2.45, 2.75) is 31.1 Å². The zero-order valence-corrected chi connectivity index (χ0v) is 18.3. The number of nitrogens with zero attached hydrogens (tertiary/aromatic N) is 2. The summed E-state index contributed by atoms with van der Waals surface area (Å²) in [5.74, 6) is 0.748. The number of methoxy groups -OCH3 is 1. The van der Waals surface area contributed by atoms with Gasteiger partial charge in [0.05, 0.1) is 23.4 Å². The first kappa shape index (κ1) is 21.5. The van der Waals surface area contributed by atoms with Gasteiger partial charge in [0.15, 0.2) is 0 Å². The van der Waals surface area contributed by atoms with Gasteiger partial charge in [0, 0.05) is 26.2 Å². The minimum absolute atomic E-state index is 0.273. The van der Waals surface area contributed by atoms with E-state index in [1.807, 2.05) is 24.3 Å². The lowest BCUT2D eigenvalue weighted by atomic mass is 10.1. The Labute approximate surface area is 174 Å². The second kappa shape index (κ2) is 9.50. The van der Waals surface area contributed by atoms with Crippen LogP contribution in [0.15, 0.2) is 47.4 Å². The molecule has 29 heavy (non-hydrogen) atoms. The van der Waals surface area contributed by atoms with Crippen molar-refractivity contribution in [2.75, 3.05) is 50.0 Å². The molecule has 0 aliphatic carbocycles. The summed E-state index contributed by atoms with van der Waals surface area (Å²) < 4.78 is 33.9. The number of nitrogens with one attached hydrogen (secondary N) is 1. The van der Waals surface area contributed by atoms with E-state index in [1.54, 1.807) is 25.3 Å². The van der Waals surface area contributed by atoms with Crippen molar-refractivity contribution < 1.29 is 13.2 Å². The third-order valence-electron chi connectivity index (χ3n) is 5.33. The Morgan fingerprint density at radius 2 is 1.72 bits per heavy atom. The van der Waals surface area contributed by atoms with Crippen LogP contribution in [0.4, 0.5) is 11.4 Å². The molecule has 0 unspecified atom stereocenters. The van der Waals surface area contributed by atoms with Crippen LogP contribution in [0.5, 0.6) is 5.75 Å². The summed E-state index contributed by atoms with van der Waals surface area (Å²) in [5, 5.41) is 0. The van der Waals surface area contributed by atoms with Gasteiger partial charge in [-0.3, -0.25) is 4.72 Å². The lowest BCUT2D eigenvalue weighted by molar-refractivity contribution is 0.311. The molecule has 2 aromatic rings. The van der Waals surface area contributed by atoms with Gasteiger partial charge in [-0.1, -0.05) is 25.5 Å². The van der Waals surface area contributed by atoms with E-state index in [-0.39, 0.29) is 4.90 Å². The SMILES string of the molecule is CCCCc1ccc(S(=O)(=O)Nc2ccc(OC)c(N3CCN(C)CC3)c2)cc1. The summed E-state index contributed by atoms with van der Waals surface area (Å²) in [7, 11) is 0.0976. The Morgan fingerprint density at radius 3 is 2.34 bits per heavy atom. The molecule has 0 amide bonds. The lowest BCUT2D eigenvalue weighted by Gasteiger charge is -2.35. The largest absolute Gasteiger partial charge is 0.495 e. The molecule has 0 radical (unpaired) electrons. The van der Waals surface area contributed by atoms with Crippen LogP contribution in [0, 0.1) is 0 Å². The number of aryl methyl sites for hydroxylation is 1. The van der Waals surface area contributed by atoms with E-state index < -0.39 is 10.0 Å². The molecule has 0 saturated carbocycles. The molecule has 1 saturated heterocycles. The van der Waals surface area contributed by atoms with Gasteiger partial charge in [0.1, 0.15) is 5.75 Å². The molecular weight excluding hydrogens is 386 g/mol. The van der Waals surface area contributed by atoms with E-state index in [4.69, 9.17) is 4.74 Å². The number of rotatable bonds is 8. The Kier molecular flexibility index (Phi) is 7.03. The minimum Gasteiger partial charge on any atom is -0.495 e. The summed E-state index contributed by atoms with van der Waals surface area (Å²) in [6.45, 7) is 5.82. The second-order valence-electron chi connectivity index (χ2n) is 7.53. The molecule has 3 rings (SSSR count). The van der Waals surface area contributed by atoms with Crippen molar-refractivity contribution >= 4 is 21.4 Å². The Morgan fingerprint density at radius 1 is 1.03 bits per heavy atom. The molecule has 0 atom stereocenters. The zero-order valence-electron chi connectivity index (χ0n) is 17.5. The number of benzene rings is 2. The van der Waals surface area contributed by atoms with E-state index in [2.05, 4.69) is 28.5 Å². The highest BCUT2D eigenvalue weighted by atomic mass is 32.2. The number of likely N-dealkylation sites (N-methyl/N-ethyl adjacent to an activating group) is 1. The Hall–Kier alpha value is -2.25. The van der Waals surface area contributed by atoms with Gasteiger partial charge in [-0.15, -0.1) is 0 Å². The Balaban J connectivity index is 1.79. The number of anilines is 2. The first-order valence-electron chi connectivity index (χ1n) is 10.2. The van der Waals surface area contributed by atoms with Gasteiger partial charge in [-0.2, -0.15) is 0 Å². The summed E-state index contributed by atoms with van der Waals surface area (Å²) in [4.78, 5) is 4.79. The molecule has 1 N–H and O–H groups in total. The highest BCUT2D eigenvalue weighted by Crippen LogP contribution is 2.32. The second-order valence-corrected chi connectivity index (χ2v) is 9.21. The van der Waals surface area contributed by atoms with Gasteiger partial charge in [-0.25, -0.2) is 8.42 Å². The van der Waals surface area contributed by atoms with Gasteiger partial charge in [0.2, 0.25) is 0 Å². The van der Waals surface area contributed by atoms with Crippen molar-refractivity contribution in [1.82, 2.24) is 4.90 Å². The summed E-state index contributed by atoms with van der Waals surface area (Å²) in [5.41, 5.74) is 2.61. The van der Waals surface area contributed by atoms with E-state index in [1.165, 1.54) is 0 Å². The number of hydrogen-bond donors (Lipinski definition) is 1. The maximum Gasteiger partial charge on any atom is 0.261 e. The molecule has 2 aromatic carbocycles. The fraction of sp³-hybridized carbons (Fsp3) is 0.455. The van der Waals surface area contributed by atoms with Crippen molar-refractivity contribution in [2.24, 2.45) is 0 Å². The van der Waals surface area contributed by atoms with Crippen LogP contribution >= 0.6 is 0 Å². The third-order valence-corrected chi connectivity index (χ3v) is 6.72. The van der Waals surface area contributed by atoms with Gasteiger partial charge < -0.3 is 14.5 Å². The molecule has 0 bridgehead atoms. The molecule has 1 aliphatic rings. The molecule has 1 aliphatic heterocycles. The van der Waals surface area contributed by atoms with Crippen LogP contribution in [0.1, 0.15) is 25.3 Å². The molecule has 0 aromatic heterocycles. The van der Waals surface area contributed by atoms with E-state index >= 15 is 0 Å². The fourth-order valence-corrected chi connectivity index (χ4v) is 4.53. The normalized spacial score (nSPS) is 15.3. The highest BCUT2D eigenvalue weighted by molar-refractivity contribution is 7.92. The van der Waals surface area contributed by atoms with Crippen LogP contribution in [0.3, 0.4) is 0 Å². The number of sulfonamides is 1. The molecule has 6 nitrogen and oxygen atoms in total. The number of hydrogen-bond acceptors (Lipinski definition) is 5. The smallest absolute Gasteiger partial charge is 0.261 e. The molecule has 158 valence electrons. The van der Waals surface area contributed by atoms with Crippen molar-refractivity contribution in [3.63, 3.8) is 0 Å². The molecule has 1 fully saturated rings. The predicted molar refractivity (Wildman–Crippen MR) is 119 cm³/mol. The first-order chi connectivity index (χ1) is 13.9. The van der Waals surface area contributed by atoms with Crippen molar-refractivity contribution in [3.05, 3.63) is 48.0 Å². The van der Waals surface area contributed by atoms with Crippen LogP contribution in [0.2, 0.25) is 0 Å². The van der Waals surface area contributed by atoms with Crippen molar-refractivity contribution in [3.8, 4) is 5.75 Å². The summed E-state index contributed by atoms with van der Waals surface area (Å²) in [6, 6.07) is 12.6. The van der Waals surface area contributed by atoms with Gasteiger partial charge >= 0.3 is 0 Å². The Bertz CT molecular complexity index is 905. The summed E-state index contributed by atoms with van der Waals surface area (Å²) in [6.07, 6.45) is 3.19. The van der Waals surface area contributed by atoms with E-state index in [9.17, 15) is 8.42 Å². The monoisotopic (exact) mass is 417 g/mol. The van der Waals surface area contributed by atoms with Crippen LogP contribution in [-0.4, -0.2) is 53.7 Å². The standard InChI is InChI=1S/C22H31N3O3S/c1-4-5-6-18-7-10-20(11-8-18)29(26,27)23-19-9-12-22(28-3)21(17-19)25-15-13-24(2)14-16-25/h7-12,17,23H,4-6,13-16H2,1-3H3. The lowest BCUT2D eigenvalue weighted by Crippen LogP contribution is -2.44. The summed E-state index contributed by atoms with van der Waals surface area (Å²) >= 11 is 0. The molecule has 1 heterocycles. The topological polar surface area (TPSA) is 61.9 Å². The van der Waals surface area contributed by atoms with E-state index in [0.29, 0.717) is 5.69 Å². The number of unbranched alkanes of at least 4 members (excludes halogenated alkanes) is 1. The van der Waals surface area contributed by atoms with Crippen LogP contribution < -0.4 is 14.4 Å². The molecule has 0 spiro atoms. The van der Waals surface area contributed by atoms with Crippen LogP contribution in [-0.2, 0) is 16.4 Å². The molecular formula is C22H31N3O3S. The van der Waals surface area contributed by atoms with Crippen LogP contribution in [0.25, 0.3) is 0 Å². The van der Waals surface area contributed by atoms with E-state index in [0.717, 1.165) is 62.4 Å². The van der Waals surface area contributed by atoms with Crippen molar-refractivity contribution in [1.29, 1.82) is 0 Å². The average Bonchev–Trinajstić information content (AvgIpc) is 2.73. The predicted octanol–water partition coefficient (Wildman–Crippen LogP) is 3.59. The average molecular weight is 418 g/mol. The number of ether oxygens (including phenoxy) is 1. The highest BCUT2D eigenvalue weighted by Gasteiger charge is 2.20. The number of piperazine rings is 1.